The molecule has 0 aromatic carbocycles. The highest BCUT2D eigenvalue weighted by atomic mass is 32.1. The van der Waals surface area contributed by atoms with E-state index < -0.39 is 17.8 Å². The Balaban J connectivity index is 1.91. The number of carbonyl (C=O) groups is 3. The molecule has 21 heavy (non-hydrogen) atoms. The molecule has 2 aliphatic carbocycles. The van der Waals surface area contributed by atoms with Crippen LogP contribution >= 0.6 is 11.3 Å². The number of anilines is 1. The van der Waals surface area contributed by atoms with Crippen molar-refractivity contribution in [3.63, 3.8) is 0 Å². The summed E-state index contributed by atoms with van der Waals surface area (Å²) in [5.41, 5.74) is 6.63. The molecule has 1 heterocycles. The van der Waals surface area contributed by atoms with Crippen LogP contribution in [0.5, 0.6) is 0 Å². The van der Waals surface area contributed by atoms with Gasteiger partial charge in [0.25, 0.3) is 5.91 Å². The molecule has 3 rings (SSSR count). The molecule has 4 N–H and O–H groups in total. The van der Waals surface area contributed by atoms with Crippen molar-refractivity contribution < 1.29 is 19.5 Å². The Kier molecular flexibility index (Phi) is 3.44. The lowest BCUT2D eigenvalue weighted by molar-refractivity contribution is -0.142. The predicted molar refractivity (Wildman–Crippen MR) is 77.3 cm³/mol. The molecule has 0 unspecified atom stereocenters. The van der Waals surface area contributed by atoms with Gasteiger partial charge in [0.05, 0.1) is 11.5 Å². The number of thiophene rings is 1. The van der Waals surface area contributed by atoms with Crippen LogP contribution in [-0.2, 0) is 22.4 Å². The number of rotatable bonds is 4. The molecule has 112 valence electrons. The predicted octanol–water partition coefficient (Wildman–Crippen LogP) is 1.38. The average Bonchev–Trinajstić information content (AvgIpc) is 3.19. The summed E-state index contributed by atoms with van der Waals surface area (Å²) in [4.78, 5) is 35.5. The maximum Gasteiger partial charge on any atom is 0.306 e. The van der Waals surface area contributed by atoms with Crippen molar-refractivity contribution in [2.24, 2.45) is 17.6 Å². The minimum atomic E-state index is -0.821. The van der Waals surface area contributed by atoms with Gasteiger partial charge >= 0.3 is 5.97 Å². The van der Waals surface area contributed by atoms with Gasteiger partial charge in [0, 0.05) is 10.8 Å². The first-order valence-electron chi connectivity index (χ1n) is 6.95. The number of primary amides is 1. The smallest absolute Gasteiger partial charge is 0.306 e. The fourth-order valence-electron chi connectivity index (χ4n) is 2.70. The SMILES string of the molecule is NC(=O)c1c(NC(=O)C2CC2)sc2c1CC[C@H](C(=O)O)C2. The Hall–Kier alpha value is -1.89. The summed E-state index contributed by atoms with van der Waals surface area (Å²) in [6.45, 7) is 0. The molecule has 7 heteroatoms. The molecule has 0 radical (unpaired) electrons. The first-order chi connectivity index (χ1) is 9.97. The Morgan fingerprint density at radius 1 is 1.19 bits per heavy atom. The second-order valence-electron chi connectivity index (χ2n) is 5.61. The molecule has 1 aromatic heterocycles. The van der Waals surface area contributed by atoms with Crippen molar-refractivity contribution in [2.45, 2.75) is 32.1 Å². The highest BCUT2D eigenvalue weighted by Crippen LogP contribution is 2.40. The molecule has 0 bridgehead atoms. The van der Waals surface area contributed by atoms with Crippen molar-refractivity contribution >= 4 is 34.1 Å². The number of fused-ring (bicyclic) bond motifs is 1. The van der Waals surface area contributed by atoms with E-state index in [4.69, 9.17) is 10.8 Å². The van der Waals surface area contributed by atoms with Gasteiger partial charge in [-0.2, -0.15) is 0 Å². The second-order valence-corrected chi connectivity index (χ2v) is 6.72. The lowest BCUT2D eigenvalue weighted by atomic mass is 9.87. The van der Waals surface area contributed by atoms with Crippen LogP contribution in [0.25, 0.3) is 0 Å². The van der Waals surface area contributed by atoms with Gasteiger partial charge < -0.3 is 16.2 Å². The van der Waals surface area contributed by atoms with Gasteiger partial charge in [-0.05, 0) is 37.7 Å². The lowest BCUT2D eigenvalue weighted by Gasteiger charge is -2.18. The summed E-state index contributed by atoms with van der Waals surface area (Å²) in [6, 6.07) is 0. The Morgan fingerprint density at radius 2 is 1.90 bits per heavy atom. The zero-order valence-corrected chi connectivity index (χ0v) is 12.2. The first-order valence-corrected chi connectivity index (χ1v) is 7.77. The summed E-state index contributed by atoms with van der Waals surface area (Å²) in [7, 11) is 0. The molecule has 0 saturated heterocycles. The number of nitrogens with two attached hydrogens (primary N) is 1. The fourth-order valence-corrected chi connectivity index (χ4v) is 4.04. The van der Waals surface area contributed by atoms with Crippen LogP contribution in [0.4, 0.5) is 5.00 Å². The molecule has 6 nitrogen and oxygen atoms in total. The number of amides is 2. The monoisotopic (exact) mass is 308 g/mol. The van der Waals surface area contributed by atoms with Crippen LogP contribution in [0.3, 0.4) is 0 Å². The number of aliphatic carboxylic acids is 1. The molecular formula is C14H16N2O4S. The van der Waals surface area contributed by atoms with Gasteiger partial charge in [-0.1, -0.05) is 0 Å². The number of nitrogens with one attached hydrogen (secondary N) is 1. The van der Waals surface area contributed by atoms with Crippen molar-refractivity contribution in [1.82, 2.24) is 0 Å². The van der Waals surface area contributed by atoms with Crippen LogP contribution in [-0.4, -0.2) is 22.9 Å². The standard InChI is InChI=1S/C14H16N2O4S/c15-11(17)10-8-4-3-7(14(19)20)5-9(8)21-13(10)16-12(18)6-1-2-6/h6-7H,1-5H2,(H2,15,17)(H,16,18)(H,19,20)/t7-/m0/s1. The van der Waals surface area contributed by atoms with Gasteiger partial charge in [-0.3, -0.25) is 14.4 Å². The molecule has 1 aromatic rings. The normalized spacial score (nSPS) is 20.7. The molecule has 1 saturated carbocycles. The number of carbonyl (C=O) groups excluding carboxylic acids is 2. The van der Waals surface area contributed by atoms with E-state index in [1.807, 2.05) is 0 Å². The summed E-state index contributed by atoms with van der Waals surface area (Å²) < 4.78 is 0. The first kappa shape index (κ1) is 14.1. The van der Waals surface area contributed by atoms with Gasteiger partial charge in [-0.15, -0.1) is 11.3 Å². The van der Waals surface area contributed by atoms with Crippen LogP contribution < -0.4 is 11.1 Å². The van der Waals surface area contributed by atoms with E-state index in [-0.39, 0.29) is 11.8 Å². The lowest BCUT2D eigenvalue weighted by Crippen LogP contribution is -2.23. The number of hydrogen-bond acceptors (Lipinski definition) is 4. The van der Waals surface area contributed by atoms with Crippen molar-refractivity contribution in [2.75, 3.05) is 5.32 Å². The minimum Gasteiger partial charge on any atom is -0.481 e. The molecular weight excluding hydrogens is 292 g/mol. The quantitative estimate of drug-likeness (QED) is 0.780. The largest absolute Gasteiger partial charge is 0.481 e. The average molecular weight is 308 g/mol. The Bertz CT molecular complexity index is 633. The number of hydrogen-bond donors (Lipinski definition) is 3. The van der Waals surface area contributed by atoms with E-state index >= 15 is 0 Å². The van der Waals surface area contributed by atoms with Crippen molar-refractivity contribution in [3.05, 3.63) is 16.0 Å². The summed E-state index contributed by atoms with van der Waals surface area (Å²) in [5, 5.41) is 12.4. The summed E-state index contributed by atoms with van der Waals surface area (Å²) in [5.74, 6) is -1.85. The Labute approximate surface area is 125 Å². The zero-order chi connectivity index (χ0) is 15.1. The topological polar surface area (TPSA) is 109 Å². The van der Waals surface area contributed by atoms with Crippen LogP contribution in [0.2, 0.25) is 0 Å². The maximum absolute atomic E-state index is 11.9. The summed E-state index contributed by atoms with van der Waals surface area (Å²) >= 11 is 1.29. The third kappa shape index (κ3) is 2.65. The van der Waals surface area contributed by atoms with Gasteiger partial charge in [0.15, 0.2) is 0 Å². The molecule has 1 atom stereocenters. The second kappa shape index (κ2) is 5.14. The van der Waals surface area contributed by atoms with Crippen LogP contribution in [0.1, 0.15) is 40.1 Å². The molecule has 2 amide bonds. The Morgan fingerprint density at radius 3 is 2.48 bits per heavy atom. The highest BCUT2D eigenvalue weighted by molar-refractivity contribution is 7.17. The minimum absolute atomic E-state index is 0.0385. The third-order valence-electron chi connectivity index (χ3n) is 4.05. The molecule has 0 aliphatic heterocycles. The van der Waals surface area contributed by atoms with E-state index in [2.05, 4.69) is 5.32 Å². The highest BCUT2D eigenvalue weighted by Gasteiger charge is 2.34. The van der Waals surface area contributed by atoms with E-state index in [1.165, 1.54) is 11.3 Å². The van der Waals surface area contributed by atoms with E-state index in [1.54, 1.807) is 0 Å². The molecule has 1 fully saturated rings. The van der Waals surface area contributed by atoms with Gasteiger partial charge in [0.1, 0.15) is 5.00 Å². The van der Waals surface area contributed by atoms with Crippen molar-refractivity contribution in [1.29, 1.82) is 0 Å². The van der Waals surface area contributed by atoms with E-state index in [9.17, 15) is 14.4 Å². The van der Waals surface area contributed by atoms with Crippen LogP contribution in [0, 0.1) is 11.8 Å². The third-order valence-corrected chi connectivity index (χ3v) is 5.22. The number of carboxylic acid groups (broad SMARTS) is 1. The molecule has 2 aliphatic rings. The fraction of sp³-hybridized carbons (Fsp3) is 0.500. The molecule has 0 spiro atoms. The van der Waals surface area contributed by atoms with Crippen LogP contribution in [0.15, 0.2) is 0 Å². The summed E-state index contributed by atoms with van der Waals surface area (Å²) in [6.07, 6.45) is 3.17. The van der Waals surface area contributed by atoms with Gasteiger partial charge in [-0.25, -0.2) is 0 Å². The maximum atomic E-state index is 11.9. The van der Waals surface area contributed by atoms with Gasteiger partial charge in [0.2, 0.25) is 5.91 Å². The van der Waals surface area contributed by atoms with E-state index in [0.717, 1.165) is 23.3 Å². The van der Waals surface area contributed by atoms with Crippen molar-refractivity contribution in [3.8, 4) is 0 Å². The zero-order valence-electron chi connectivity index (χ0n) is 11.3. The van der Waals surface area contributed by atoms with E-state index in [0.29, 0.717) is 29.8 Å². The number of carboxylic acids is 1.